The van der Waals surface area contributed by atoms with E-state index in [-0.39, 0.29) is 5.69 Å². The minimum absolute atomic E-state index is 0.281. The van der Waals surface area contributed by atoms with Crippen molar-refractivity contribution in [2.45, 2.75) is 12.3 Å². The van der Waals surface area contributed by atoms with Gasteiger partial charge in [-0.05, 0) is 24.6 Å². The Morgan fingerprint density at radius 3 is 2.36 bits per heavy atom. The third kappa shape index (κ3) is 1.68. The summed E-state index contributed by atoms with van der Waals surface area (Å²) in [4.78, 5) is 0. The molecule has 62 valence electrons. The highest BCUT2D eigenvalue weighted by Gasteiger charge is 2.31. The SMILES string of the molecule is Cc1cc(C(F)(F)Cl)n(C)n1. The first-order chi connectivity index (χ1) is 4.91. The Balaban J connectivity index is 3.13. The molecule has 11 heavy (non-hydrogen) atoms. The van der Waals surface area contributed by atoms with E-state index in [1.54, 1.807) is 6.92 Å². The normalized spacial score (nSPS) is 12.1. The van der Waals surface area contributed by atoms with Crippen molar-refractivity contribution in [3.05, 3.63) is 17.5 Å². The first kappa shape index (κ1) is 8.46. The summed E-state index contributed by atoms with van der Waals surface area (Å²) in [6.07, 6.45) is 0. The minimum atomic E-state index is -3.32. The van der Waals surface area contributed by atoms with Crippen LogP contribution in [0, 0.1) is 6.92 Å². The summed E-state index contributed by atoms with van der Waals surface area (Å²) in [5.74, 6) is 0. The number of rotatable bonds is 1. The van der Waals surface area contributed by atoms with Gasteiger partial charge in [-0.15, -0.1) is 0 Å². The maximum absolute atomic E-state index is 12.4. The van der Waals surface area contributed by atoms with Gasteiger partial charge in [-0.2, -0.15) is 13.9 Å². The molecule has 0 N–H and O–H groups in total. The van der Waals surface area contributed by atoms with Crippen molar-refractivity contribution >= 4 is 11.6 Å². The van der Waals surface area contributed by atoms with E-state index < -0.39 is 5.38 Å². The number of hydrogen-bond donors (Lipinski definition) is 0. The number of halogens is 3. The van der Waals surface area contributed by atoms with Crippen LogP contribution in [-0.4, -0.2) is 9.78 Å². The van der Waals surface area contributed by atoms with Crippen LogP contribution in [0.2, 0.25) is 0 Å². The smallest absolute Gasteiger partial charge is 0.265 e. The van der Waals surface area contributed by atoms with Crippen molar-refractivity contribution < 1.29 is 8.78 Å². The summed E-state index contributed by atoms with van der Waals surface area (Å²) < 4.78 is 25.9. The molecular weight excluding hydrogens is 174 g/mol. The Bertz CT molecular complexity index is 264. The number of alkyl halides is 3. The van der Waals surface area contributed by atoms with Crippen molar-refractivity contribution in [1.82, 2.24) is 9.78 Å². The maximum atomic E-state index is 12.4. The van der Waals surface area contributed by atoms with Crippen LogP contribution in [-0.2, 0) is 12.4 Å². The molecule has 0 saturated heterocycles. The highest BCUT2D eigenvalue weighted by atomic mass is 35.5. The van der Waals surface area contributed by atoms with Gasteiger partial charge in [-0.25, -0.2) is 0 Å². The highest BCUT2D eigenvalue weighted by Crippen LogP contribution is 2.31. The lowest BCUT2D eigenvalue weighted by Crippen LogP contribution is -2.10. The summed E-state index contributed by atoms with van der Waals surface area (Å²) >= 11 is 4.78. The Labute approximate surface area is 67.8 Å². The largest absolute Gasteiger partial charge is 0.364 e. The number of aryl methyl sites for hydroxylation is 2. The molecular formula is C6H7ClF2N2. The average molecular weight is 181 g/mol. The summed E-state index contributed by atoms with van der Waals surface area (Å²) in [7, 11) is 1.43. The Kier molecular flexibility index (Phi) is 1.88. The van der Waals surface area contributed by atoms with E-state index in [9.17, 15) is 8.78 Å². The first-order valence-corrected chi connectivity index (χ1v) is 3.37. The molecule has 0 aromatic carbocycles. The highest BCUT2D eigenvalue weighted by molar-refractivity contribution is 6.21. The first-order valence-electron chi connectivity index (χ1n) is 2.99. The molecule has 0 amide bonds. The van der Waals surface area contributed by atoms with Crippen LogP contribution in [0.15, 0.2) is 6.07 Å². The summed E-state index contributed by atoms with van der Waals surface area (Å²) in [6, 6.07) is 1.26. The van der Waals surface area contributed by atoms with Crippen LogP contribution in [0.4, 0.5) is 8.78 Å². The van der Waals surface area contributed by atoms with Gasteiger partial charge in [0.1, 0.15) is 5.69 Å². The van der Waals surface area contributed by atoms with Gasteiger partial charge in [0.15, 0.2) is 0 Å². The minimum Gasteiger partial charge on any atom is -0.265 e. The predicted molar refractivity (Wildman–Crippen MR) is 37.7 cm³/mol. The molecule has 1 rings (SSSR count). The van der Waals surface area contributed by atoms with Crippen LogP contribution in [0.25, 0.3) is 0 Å². The number of aromatic nitrogens is 2. The molecule has 1 aromatic heterocycles. The fraction of sp³-hybridized carbons (Fsp3) is 0.500. The zero-order valence-electron chi connectivity index (χ0n) is 6.11. The van der Waals surface area contributed by atoms with Crippen LogP contribution < -0.4 is 0 Å². The van der Waals surface area contributed by atoms with Crippen molar-refractivity contribution in [2.24, 2.45) is 7.05 Å². The monoisotopic (exact) mass is 180 g/mol. The molecule has 0 aliphatic carbocycles. The van der Waals surface area contributed by atoms with Crippen molar-refractivity contribution in [1.29, 1.82) is 0 Å². The number of nitrogens with zero attached hydrogens (tertiary/aromatic N) is 2. The van der Waals surface area contributed by atoms with Crippen LogP contribution in [0.5, 0.6) is 0 Å². The van der Waals surface area contributed by atoms with Crippen LogP contribution in [0.3, 0.4) is 0 Å². The van der Waals surface area contributed by atoms with E-state index in [1.807, 2.05) is 0 Å². The molecule has 0 unspecified atom stereocenters. The quantitative estimate of drug-likeness (QED) is 0.605. The van der Waals surface area contributed by atoms with E-state index in [0.29, 0.717) is 5.69 Å². The number of hydrogen-bond acceptors (Lipinski definition) is 1. The van der Waals surface area contributed by atoms with Crippen molar-refractivity contribution in [3.63, 3.8) is 0 Å². The van der Waals surface area contributed by atoms with E-state index in [2.05, 4.69) is 5.10 Å². The molecule has 0 aliphatic rings. The summed E-state index contributed by atoms with van der Waals surface area (Å²) in [6.45, 7) is 1.63. The second kappa shape index (κ2) is 2.44. The van der Waals surface area contributed by atoms with Crippen molar-refractivity contribution in [2.75, 3.05) is 0 Å². The zero-order valence-corrected chi connectivity index (χ0v) is 6.86. The van der Waals surface area contributed by atoms with Gasteiger partial charge in [0, 0.05) is 7.05 Å². The molecule has 0 fully saturated rings. The van der Waals surface area contributed by atoms with Gasteiger partial charge < -0.3 is 0 Å². The van der Waals surface area contributed by atoms with Gasteiger partial charge in [-0.3, -0.25) is 4.68 Å². The van der Waals surface area contributed by atoms with E-state index in [4.69, 9.17) is 11.6 Å². The fourth-order valence-corrected chi connectivity index (χ4v) is 1.05. The second-order valence-electron chi connectivity index (χ2n) is 2.29. The third-order valence-corrected chi connectivity index (χ3v) is 1.49. The molecule has 0 atom stereocenters. The molecule has 0 radical (unpaired) electrons. The standard InChI is InChI=1S/C6H7ClF2N2/c1-4-3-5(6(7,8)9)11(2)10-4/h3H,1-2H3. The molecule has 2 nitrogen and oxygen atoms in total. The van der Waals surface area contributed by atoms with Crippen LogP contribution in [0.1, 0.15) is 11.4 Å². The van der Waals surface area contributed by atoms with Gasteiger partial charge in [-0.1, -0.05) is 0 Å². The molecule has 1 aromatic rings. The Morgan fingerprint density at radius 2 is 2.18 bits per heavy atom. The summed E-state index contributed by atoms with van der Waals surface area (Å²) in [5.41, 5.74) is 0.250. The third-order valence-electron chi connectivity index (χ3n) is 1.29. The second-order valence-corrected chi connectivity index (χ2v) is 2.77. The summed E-state index contributed by atoms with van der Waals surface area (Å²) in [5, 5.41) is 0.406. The molecule has 0 aliphatic heterocycles. The topological polar surface area (TPSA) is 17.8 Å². The predicted octanol–water partition coefficient (Wildman–Crippen LogP) is 2.02. The molecule has 0 saturated carbocycles. The molecule has 1 heterocycles. The van der Waals surface area contributed by atoms with Gasteiger partial charge >= 0.3 is 5.38 Å². The molecule has 0 spiro atoms. The van der Waals surface area contributed by atoms with Crippen LogP contribution >= 0.6 is 11.6 Å². The lowest BCUT2D eigenvalue weighted by Gasteiger charge is -2.06. The zero-order chi connectivity index (χ0) is 8.65. The average Bonchev–Trinajstić information content (AvgIpc) is 2.08. The van der Waals surface area contributed by atoms with E-state index >= 15 is 0 Å². The molecule has 0 bridgehead atoms. The van der Waals surface area contributed by atoms with Gasteiger partial charge in [0.25, 0.3) is 0 Å². The fourth-order valence-electron chi connectivity index (χ4n) is 0.876. The molecule has 5 heteroatoms. The lowest BCUT2D eigenvalue weighted by atomic mass is 10.4. The van der Waals surface area contributed by atoms with Crippen molar-refractivity contribution in [3.8, 4) is 0 Å². The maximum Gasteiger partial charge on any atom is 0.364 e. The van der Waals surface area contributed by atoms with E-state index in [1.165, 1.54) is 13.1 Å². The Hall–Kier alpha value is -0.640. The Morgan fingerprint density at radius 1 is 1.64 bits per heavy atom. The van der Waals surface area contributed by atoms with Gasteiger partial charge in [0.2, 0.25) is 0 Å². The lowest BCUT2D eigenvalue weighted by molar-refractivity contribution is 0.0853. The van der Waals surface area contributed by atoms with Gasteiger partial charge in [0.05, 0.1) is 5.69 Å². The van der Waals surface area contributed by atoms with E-state index in [0.717, 1.165) is 4.68 Å².